The molecule has 1 aromatic carbocycles. The van der Waals surface area contributed by atoms with Gasteiger partial charge in [0.2, 0.25) is 5.02 Å². The molecule has 0 saturated carbocycles. The number of thioether (sulfide) groups is 1. The van der Waals surface area contributed by atoms with E-state index in [1.165, 1.54) is 0 Å². The van der Waals surface area contributed by atoms with Gasteiger partial charge in [-0.3, -0.25) is 0 Å². The van der Waals surface area contributed by atoms with Crippen LogP contribution in [0.15, 0.2) is 17.0 Å². The summed E-state index contributed by atoms with van der Waals surface area (Å²) in [5.74, 6) is 1.19. The minimum atomic E-state index is -1.71. The molecule has 3 N–H and O–H groups in total. The first-order chi connectivity index (χ1) is 7.55. The van der Waals surface area contributed by atoms with Crippen LogP contribution in [0.2, 0.25) is 0 Å². The van der Waals surface area contributed by atoms with Crippen molar-refractivity contribution in [3.8, 4) is 11.5 Å². The number of ether oxygens (including phenoxy) is 2. The molecule has 1 atom stereocenters. The summed E-state index contributed by atoms with van der Waals surface area (Å²) in [5.41, 5.74) is 6.49. The molecule has 0 bridgehead atoms. The van der Waals surface area contributed by atoms with Crippen molar-refractivity contribution in [2.45, 2.75) is 16.3 Å². The Labute approximate surface area is 99.5 Å². The van der Waals surface area contributed by atoms with Crippen molar-refractivity contribution in [3.05, 3.63) is 17.7 Å². The van der Waals surface area contributed by atoms with E-state index in [9.17, 15) is 5.11 Å². The van der Waals surface area contributed by atoms with Gasteiger partial charge in [0, 0.05) is 0 Å². The van der Waals surface area contributed by atoms with Gasteiger partial charge in [-0.15, -0.1) is 0 Å². The molecule has 1 aliphatic heterocycles. The van der Waals surface area contributed by atoms with Crippen LogP contribution in [0.5, 0.6) is 11.5 Å². The summed E-state index contributed by atoms with van der Waals surface area (Å²) >= 11 is 1.03. The van der Waals surface area contributed by atoms with Crippen molar-refractivity contribution < 1.29 is 14.6 Å². The van der Waals surface area contributed by atoms with Gasteiger partial charge in [-0.2, -0.15) is 0 Å². The van der Waals surface area contributed by atoms with Gasteiger partial charge in [0.05, 0.1) is 12.0 Å². The third-order valence-corrected chi connectivity index (χ3v) is 3.22. The normalized spacial score (nSPS) is 22.7. The molecule has 4 nitrogen and oxygen atoms in total. The highest BCUT2D eigenvalue weighted by atomic mass is 32.2. The van der Waals surface area contributed by atoms with E-state index >= 15 is 0 Å². The van der Waals surface area contributed by atoms with E-state index in [-0.39, 0.29) is 0 Å². The molecule has 0 spiro atoms. The van der Waals surface area contributed by atoms with Crippen LogP contribution in [-0.4, -0.2) is 31.6 Å². The Balaban J connectivity index is 2.41. The van der Waals surface area contributed by atoms with E-state index in [0.717, 1.165) is 23.7 Å². The molecule has 84 valence electrons. The summed E-state index contributed by atoms with van der Waals surface area (Å²) in [6, 6.07) is 3.70. The second-order valence-electron chi connectivity index (χ2n) is 3.50. The number of hydrogen-bond donors (Lipinski definition) is 2. The molecule has 0 aliphatic carbocycles. The SMILES string of the molecule is [B]C1(O)Oc2cc(CCN)cc(OC)c2S1. The third kappa shape index (κ3) is 2.14. The lowest BCUT2D eigenvalue weighted by Gasteiger charge is -2.14. The van der Waals surface area contributed by atoms with Gasteiger partial charge in [-0.1, -0.05) is 11.8 Å². The van der Waals surface area contributed by atoms with Gasteiger partial charge < -0.3 is 20.3 Å². The summed E-state index contributed by atoms with van der Waals surface area (Å²) in [6.07, 6.45) is 0.723. The second kappa shape index (κ2) is 4.20. The Morgan fingerprint density at radius 3 is 3.00 bits per heavy atom. The summed E-state index contributed by atoms with van der Waals surface area (Å²) in [7, 11) is 7.06. The first kappa shape index (κ1) is 11.6. The molecule has 0 amide bonds. The van der Waals surface area contributed by atoms with Gasteiger partial charge in [0.1, 0.15) is 11.5 Å². The molecule has 6 heteroatoms. The standard InChI is InChI=1S/C10H12BNO3S/c1-14-7-4-6(2-3-12)5-8-9(7)16-10(11,13)15-8/h4-5,13H,2-3,12H2,1H3. The lowest BCUT2D eigenvalue weighted by molar-refractivity contribution is 0.0269. The topological polar surface area (TPSA) is 64.7 Å². The summed E-state index contributed by atoms with van der Waals surface area (Å²) < 4.78 is 10.4. The van der Waals surface area contributed by atoms with Crippen LogP contribution in [0.3, 0.4) is 0 Å². The van der Waals surface area contributed by atoms with E-state index in [2.05, 4.69) is 0 Å². The van der Waals surface area contributed by atoms with Crippen LogP contribution in [0.4, 0.5) is 0 Å². The Kier molecular flexibility index (Phi) is 3.05. The molecule has 1 aliphatic rings. The fourth-order valence-corrected chi connectivity index (χ4v) is 2.46. The smallest absolute Gasteiger partial charge is 0.207 e. The lowest BCUT2D eigenvalue weighted by atomic mass is 10.1. The van der Waals surface area contributed by atoms with Crippen molar-refractivity contribution >= 4 is 19.6 Å². The van der Waals surface area contributed by atoms with Crippen molar-refractivity contribution in [3.63, 3.8) is 0 Å². The predicted molar refractivity (Wildman–Crippen MR) is 62.9 cm³/mol. The second-order valence-corrected chi connectivity index (χ2v) is 4.70. The van der Waals surface area contributed by atoms with Gasteiger partial charge in [-0.25, -0.2) is 0 Å². The van der Waals surface area contributed by atoms with Crippen molar-refractivity contribution in [2.75, 3.05) is 13.7 Å². The minimum absolute atomic E-state index is 0.540. The first-order valence-electron chi connectivity index (χ1n) is 4.86. The average Bonchev–Trinajstić information content (AvgIpc) is 2.51. The monoisotopic (exact) mass is 237 g/mol. The predicted octanol–water partition coefficient (Wildman–Crippen LogP) is 0.453. The van der Waals surface area contributed by atoms with E-state index in [1.807, 2.05) is 12.1 Å². The number of fused-ring (bicyclic) bond motifs is 1. The number of hydrogen-bond acceptors (Lipinski definition) is 5. The Morgan fingerprint density at radius 2 is 2.38 bits per heavy atom. The molecule has 16 heavy (non-hydrogen) atoms. The van der Waals surface area contributed by atoms with Gasteiger partial charge in [0.15, 0.2) is 7.85 Å². The van der Waals surface area contributed by atoms with E-state index in [0.29, 0.717) is 22.9 Å². The molecule has 1 heterocycles. The van der Waals surface area contributed by atoms with Crippen LogP contribution in [0.1, 0.15) is 5.56 Å². The summed E-state index contributed by atoms with van der Waals surface area (Å²) in [6.45, 7) is 0.544. The zero-order valence-corrected chi connectivity index (χ0v) is 9.71. The van der Waals surface area contributed by atoms with Crippen molar-refractivity contribution in [2.24, 2.45) is 5.73 Å². The molecule has 0 saturated heterocycles. The van der Waals surface area contributed by atoms with Gasteiger partial charge in [-0.05, 0) is 30.7 Å². The fraction of sp³-hybridized carbons (Fsp3) is 0.400. The minimum Gasteiger partial charge on any atom is -0.495 e. The van der Waals surface area contributed by atoms with Crippen molar-refractivity contribution in [1.29, 1.82) is 0 Å². The summed E-state index contributed by atoms with van der Waals surface area (Å²) in [5, 5.41) is 7.88. The van der Waals surface area contributed by atoms with E-state index in [4.69, 9.17) is 23.1 Å². The third-order valence-electron chi connectivity index (χ3n) is 2.24. The van der Waals surface area contributed by atoms with Crippen LogP contribution in [-0.2, 0) is 6.42 Å². The average molecular weight is 237 g/mol. The molecular formula is C10H12BNO3S. The largest absolute Gasteiger partial charge is 0.495 e. The number of nitrogens with two attached hydrogens (primary N) is 1. The Bertz CT molecular complexity index is 411. The highest BCUT2D eigenvalue weighted by Gasteiger charge is 2.35. The number of methoxy groups -OCH3 is 1. The van der Waals surface area contributed by atoms with Crippen molar-refractivity contribution in [1.82, 2.24) is 0 Å². The molecule has 2 rings (SSSR count). The van der Waals surface area contributed by atoms with Crippen LogP contribution in [0.25, 0.3) is 0 Å². The quantitative estimate of drug-likeness (QED) is 0.747. The maximum atomic E-state index is 9.59. The summed E-state index contributed by atoms with van der Waals surface area (Å²) in [4.78, 5) is 0.716. The van der Waals surface area contributed by atoms with E-state index < -0.39 is 5.02 Å². The van der Waals surface area contributed by atoms with Crippen LogP contribution in [0, 0.1) is 0 Å². The molecule has 0 fully saturated rings. The maximum Gasteiger partial charge on any atom is 0.207 e. The van der Waals surface area contributed by atoms with Crippen LogP contribution < -0.4 is 15.2 Å². The molecule has 0 aromatic heterocycles. The van der Waals surface area contributed by atoms with Crippen LogP contribution >= 0.6 is 11.8 Å². The zero-order chi connectivity index (χ0) is 11.8. The zero-order valence-electron chi connectivity index (χ0n) is 8.90. The Hall–Kier alpha value is -0.845. The van der Waals surface area contributed by atoms with Gasteiger partial charge >= 0.3 is 0 Å². The molecule has 1 aromatic rings. The fourth-order valence-electron chi connectivity index (χ4n) is 1.59. The van der Waals surface area contributed by atoms with E-state index in [1.54, 1.807) is 7.11 Å². The number of rotatable bonds is 3. The Morgan fingerprint density at radius 1 is 1.62 bits per heavy atom. The number of benzene rings is 1. The maximum absolute atomic E-state index is 9.59. The number of aliphatic hydroxyl groups is 1. The highest BCUT2D eigenvalue weighted by molar-refractivity contribution is 8.01. The first-order valence-corrected chi connectivity index (χ1v) is 5.67. The molecule has 2 radical (unpaired) electrons. The highest BCUT2D eigenvalue weighted by Crippen LogP contribution is 2.50. The molecular weight excluding hydrogens is 225 g/mol. The van der Waals surface area contributed by atoms with Gasteiger partial charge in [0.25, 0.3) is 0 Å². The molecule has 1 unspecified atom stereocenters. The lowest BCUT2D eigenvalue weighted by Crippen LogP contribution is -2.27.